The average Bonchev–Trinajstić information content (AvgIpc) is 3.51. The van der Waals surface area contributed by atoms with Gasteiger partial charge in [-0.25, -0.2) is 8.42 Å². The van der Waals surface area contributed by atoms with Gasteiger partial charge >= 0.3 is 0 Å². The molecule has 0 saturated heterocycles. The fourth-order valence-corrected chi connectivity index (χ4v) is 4.25. The Morgan fingerprint density at radius 3 is 2.42 bits per heavy atom. The van der Waals surface area contributed by atoms with Crippen molar-refractivity contribution in [2.24, 2.45) is 0 Å². The summed E-state index contributed by atoms with van der Waals surface area (Å²) in [5.74, 6) is 0. The van der Waals surface area contributed by atoms with Crippen molar-refractivity contribution in [3.05, 3.63) is 72.7 Å². The Morgan fingerprint density at radius 1 is 0.968 bits per heavy atom. The zero-order valence-corrected chi connectivity index (χ0v) is 18.2. The van der Waals surface area contributed by atoms with Crippen LogP contribution in [0.3, 0.4) is 0 Å². The molecule has 3 aromatic heterocycles. The molecule has 0 atom stereocenters. The van der Waals surface area contributed by atoms with Gasteiger partial charge in [-0.2, -0.15) is 5.10 Å². The predicted molar refractivity (Wildman–Crippen MR) is 120 cm³/mol. The van der Waals surface area contributed by atoms with Crippen LogP contribution >= 0.6 is 0 Å². The molecule has 0 amide bonds. The minimum Gasteiger partial charge on any atom is -0.268 e. The van der Waals surface area contributed by atoms with Crippen LogP contribution in [0.25, 0.3) is 33.8 Å². The summed E-state index contributed by atoms with van der Waals surface area (Å²) in [6.07, 6.45) is 7.38. The highest BCUT2D eigenvalue weighted by Gasteiger charge is 2.27. The molecule has 7 heteroatoms. The van der Waals surface area contributed by atoms with Crippen LogP contribution in [0.4, 0.5) is 0 Å². The first-order valence-corrected chi connectivity index (χ1v) is 12.1. The molecule has 6 nitrogen and oxygen atoms in total. The van der Waals surface area contributed by atoms with Gasteiger partial charge in [-0.15, -0.1) is 0 Å². The largest absolute Gasteiger partial charge is 0.268 e. The van der Waals surface area contributed by atoms with E-state index in [0.717, 1.165) is 52.3 Å². The maximum atomic E-state index is 11.7. The Balaban J connectivity index is 1.58. The SMILES string of the molecule is Cc1cccc(-c2nn(C3CC3)cc2-c2ccnc(-c3ccc(S(C)(=O)=O)cc3)c2)n1. The van der Waals surface area contributed by atoms with Gasteiger partial charge in [0.1, 0.15) is 5.69 Å². The summed E-state index contributed by atoms with van der Waals surface area (Å²) in [4.78, 5) is 9.49. The summed E-state index contributed by atoms with van der Waals surface area (Å²) >= 11 is 0. The second-order valence-corrected chi connectivity index (χ2v) is 10.0. The second kappa shape index (κ2) is 7.42. The molecule has 0 unspecified atom stereocenters. The highest BCUT2D eigenvalue weighted by molar-refractivity contribution is 7.90. The Morgan fingerprint density at radius 2 is 1.74 bits per heavy atom. The number of pyridine rings is 2. The molecule has 3 heterocycles. The van der Waals surface area contributed by atoms with Crippen molar-refractivity contribution in [3.63, 3.8) is 0 Å². The third-order valence-corrected chi connectivity index (χ3v) is 6.56. The summed E-state index contributed by atoms with van der Waals surface area (Å²) in [5, 5.41) is 4.87. The van der Waals surface area contributed by atoms with E-state index in [1.165, 1.54) is 6.26 Å². The van der Waals surface area contributed by atoms with Crippen LogP contribution < -0.4 is 0 Å². The third kappa shape index (κ3) is 4.01. The van der Waals surface area contributed by atoms with Crippen LogP contribution in [0.1, 0.15) is 24.6 Å². The molecule has 0 N–H and O–H groups in total. The van der Waals surface area contributed by atoms with E-state index in [-0.39, 0.29) is 0 Å². The number of benzene rings is 1. The molecule has 0 radical (unpaired) electrons. The molecule has 1 aliphatic rings. The van der Waals surface area contributed by atoms with Gasteiger partial charge in [0.2, 0.25) is 0 Å². The molecular formula is C24H22N4O2S. The van der Waals surface area contributed by atoms with E-state index in [1.54, 1.807) is 30.5 Å². The quantitative estimate of drug-likeness (QED) is 0.458. The molecule has 156 valence electrons. The van der Waals surface area contributed by atoms with Crippen LogP contribution in [0.2, 0.25) is 0 Å². The molecular weight excluding hydrogens is 408 g/mol. The standard InChI is InChI=1S/C24H22N4O2S/c1-16-4-3-5-22(26-16)24-21(15-28(27-24)19-8-9-19)18-12-13-25-23(14-18)17-6-10-20(11-7-17)31(2,29)30/h3-7,10-15,19H,8-9H2,1-2H3. The number of hydrogen-bond donors (Lipinski definition) is 0. The van der Waals surface area contributed by atoms with Gasteiger partial charge in [-0.3, -0.25) is 14.6 Å². The molecule has 1 fully saturated rings. The lowest BCUT2D eigenvalue weighted by Crippen LogP contribution is -1.96. The molecule has 0 aliphatic heterocycles. The van der Waals surface area contributed by atoms with Crippen molar-refractivity contribution in [2.45, 2.75) is 30.7 Å². The maximum Gasteiger partial charge on any atom is 0.175 e. The van der Waals surface area contributed by atoms with Gasteiger partial charge < -0.3 is 0 Å². The molecule has 0 bridgehead atoms. The number of hydrogen-bond acceptors (Lipinski definition) is 5. The summed E-state index contributed by atoms with van der Waals surface area (Å²) in [5.41, 5.74) is 6.32. The van der Waals surface area contributed by atoms with Crippen LogP contribution in [-0.2, 0) is 9.84 Å². The van der Waals surface area contributed by atoms with Crippen molar-refractivity contribution >= 4 is 9.84 Å². The molecule has 0 spiro atoms. The lowest BCUT2D eigenvalue weighted by molar-refractivity contribution is 0.602. The van der Waals surface area contributed by atoms with Crippen molar-refractivity contribution in [2.75, 3.05) is 6.26 Å². The maximum absolute atomic E-state index is 11.7. The number of aryl methyl sites for hydroxylation is 1. The Bertz CT molecular complexity index is 1370. The topological polar surface area (TPSA) is 77.7 Å². The van der Waals surface area contributed by atoms with Gasteiger partial charge in [0.25, 0.3) is 0 Å². The van der Waals surface area contributed by atoms with E-state index in [9.17, 15) is 8.42 Å². The van der Waals surface area contributed by atoms with Gasteiger partial charge in [0.05, 0.1) is 22.3 Å². The lowest BCUT2D eigenvalue weighted by Gasteiger charge is -2.07. The van der Waals surface area contributed by atoms with Crippen molar-refractivity contribution in [1.29, 1.82) is 0 Å². The molecule has 4 aromatic rings. The van der Waals surface area contributed by atoms with Crippen molar-refractivity contribution in [1.82, 2.24) is 19.7 Å². The number of nitrogens with zero attached hydrogens (tertiary/aromatic N) is 4. The number of rotatable bonds is 5. The Kier molecular flexibility index (Phi) is 4.70. The Labute approximate surface area is 181 Å². The molecule has 1 saturated carbocycles. The minimum absolute atomic E-state index is 0.297. The molecule has 1 aromatic carbocycles. The summed E-state index contributed by atoms with van der Waals surface area (Å²) < 4.78 is 25.5. The zero-order valence-electron chi connectivity index (χ0n) is 17.4. The van der Waals surface area contributed by atoms with Gasteiger partial charge in [-0.05, 0) is 61.7 Å². The lowest BCUT2D eigenvalue weighted by atomic mass is 10.0. The fraction of sp³-hybridized carbons (Fsp3) is 0.208. The van der Waals surface area contributed by atoms with Crippen LogP contribution in [0, 0.1) is 6.92 Å². The van der Waals surface area contributed by atoms with Crippen molar-refractivity contribution < 1.29 is 8.42 Å². The van der Waals surface area contributed by atoms with E-state index in [4.69, 9.17) is 5.10 Å². The smallest absolute Gasteiger partial charge is 0.175 e. The molecule has 5 rings (SSSR count). The summed E-state index contributed by atoms with van der Waals surface area (Å²) in [7, 11) is -3.23. The van der Waals surface area contributed by atoms with Gasteiger partial charge in [0, 0.05) is 35.5 Å². The van der Waals surface area contributed by atoms with Crippen LogP contribution in [0.15, 0.2) is 71.9 Å². The van der Waals surface area contributed by atoms with E-state index < -0.39 is 9.84 Å². The summed E-state index contributed by atoms with van der Waals surface area (Å²) in [6.45, 7) is 1.98. The normalized spacial score (nSPS) is 14.0. The van der Waals surface area contributed by atoms with E-state index in [1.807, 2.05) is 37.3 Å². The van der Waals surface area contributed by atoms with Gasteiger partial charge in [0.15, 0.2) is 9.84 Å². The molecule has 31 heavy (non-hydrogen) atoms. The second-order valence-electron chi connectivity index (χ2n) is 7.99. The van der Waals surface area contributed by atoms with E-state index >= 15 is 0 Å². The first-order valence-electron chi connectivity index (χ1n) is 10.2. The van der Waals surface area contributed by atoms with E-state index in [2.05, 4.69) is 20.8 Å². The fourth-order valence-electron chi connectivity index (χ4n) is 3.62. The van der Waals surface area contributed by atoms with Crippen LogP contribution in [-0.4, -0.2) is 34.4 Å². The number of sulfone groups is 1. The molecule has 1 aliphatic carbocycles. The van der Waals surface area contributed by atoms with Crippen LogP contribution in [0.5, 0.6) is 0 Å². The third-order valence-electron chi connectivity index (χ3n) is 5.43. The highest BCUT2D eigenvalue weighted by atomic mass is 32.2. The first-order chi connectivity index (χ1) is 14.9. The van der Waals surface area contributed by atoms with E-state index in [0.29, 0.717) is 10.9 Å². The minimum atomic E-state index is -3.23. The van der Waals surface area contributed by atoms with Gasteiger partial charge in [-0.1, -0.05) is 18.2 Å². The highest BCUT2D eigenvalue weighted by Crippen LogP contribution is 2.39. The average molecular weight is 431 g/mol. The Hall–Kier alpha value is -3.32. The predicted octanol–water partition coefficient (Wildman–Crippen LogP) is 4.72. The zero-order chi connectivity index (χ0) is 21.6. The number of aromatic nitrogens is 4. The summed E-state index contributed by atoms with van der Waals surface area (Å²) in [6, 6.07) is 17.2. The monoisotopic (exact) mass is 430 g/mol. The first kappa shape index (κ1) is 19.6. The van der Waals surface area contributed by atoms with Crippen molar-refractivity contribution in [3.8, 4) is 33.8 Å².